The predicted octanol–water partition coefficient (Wildman–Crippen LogP) is 2.97. The van der Waals surface area contributed by atoms with Crippen LogP contribution in [0.5, 0.6) is 5.75 Å². The number of aromatic nitrogens is 2. The topological polar surface area (TPSA) is 53.1 Å². The van der Waals surface area contributed by atoms with Gasteiger partial charge in [-0.2, -0.15) is 5.10 Å². The summed E-state index contributed by atoms with van der Waals surface area (Å²) in [5.74, 6) is 0.998. The van der Waals surface area contributed by atoms with Gasteiger partial charge in [0.25, 0.3) is 0 Å². The van der Waals surface area contributed by atoms with Crippen molar-refractivity contribution in [2.45, 2.75) is 46.7 Å². The van der Waals surface area contributed by atoms with Gasteiger partial charge in [-0.15, -0.1) is 0 Å². The van der Waals surface area contributed by atoms with Gasteiger partial charge in [0.1, 0.15) is 5.75 Å². The van der Waals surface area contributed by atoms with Crippen molar-refractivity contribution in [3.8, 4) is 16.9 Å². The molecule has 0 atom stereocenters. The Bertz CT molecular complexity index is 673. The van der Waals surface area contributed by atoms with Crippen LogP contribution < -0.4 is 10.5 Å². The molecule has 0 amide bonds. The van der Waals surface area contributed by atoms with Crippen LogP contribution in [0.4, 0.5) is 0 Å². The number of benzene rings is 1. The Morgan fingerprint density at radius 1 is 1.33 bits per heavy atom. The number of hydrogen-bond acceptors (Lipinski definition) is 3. The lowest BCUT2D eigenvalue weighted by Crippen LogP contribution is -2.02. The zero-order chi connectivity index (χ0) is 15.0. The second-order valence-electron chi connectivity index (χ2n) is 5.70. The van der Waals surface area contributed by atoms with Crippen LogP contribution in [-0.4, -0.2) is 16.4 Å². The maximum atomic E-state index is 5.90. The molecule has 21 heavy (non-hydrogen) atoms. The van der Waals surface area contributed by atoms with Gasteiger partial charge in [0.2, 0.25) is 0 Å². The number of ether oxygens (including phenoxy) is 1. The van der Waals surface area contributed by atoms with E-state index in [0.29, 0.717) is 6.54 Å². The maximum absolute atomic E-state index is 5.90. The minimum absolute atomic E-state index is 0.511. The van der Waals surface area contributed by atoms with E-state index in [9.17, 15) is 0 Å². The molecule has 0 radical (unpaired) electrons. The van der Waals surface area contributed by atoms with Crippen molar-refractivity contribution >= 4 is 0 Å². The summed E-state index contributed by atoms with van der Waals surface area (Å²) in [5, 5.41) is 4.68. The highest BCUT2D eigenvalue weighted by Crippen LogP contribution is 2.36. The fraction of sp³-hybridized carbons (Fsp3) is 0.471. The van der Waals surface area contributed by atoms with E-state index in [0.717, 1.165) is 43.0 Å². The summed E-state index contributed by atoms with van der Waals surface area (Å²) >= 11 is 0. The quantitative estimate of drug-likeness (QED) is 0.939. The summed E-state index contributed by atoms with van der Waals surface area (Å²) < 4.78 is 7.82. The van der Waals surface area contributed by atoms with E-state index in [1.165, 1.54) is 22.4 Å². The summed E-state index contributed by atoms with van der Waals surface area (Å²) in [6, 6.07) is 4.41. The van der Waals surface area contributed by atoms with Gasteiger partial charge in [0.15, 0.2) is 0 Å². The first kappa shape index (κ1) is 14.1. The van der Waals surface area contributed by atoms with Crippen LogP contribution in [0, 0.1) is 13.8 Å². The summed E-state index contributed by atoms with van der Waals surface area (Å²) in [5.41, 5.74) is 13.1. The molecule has 0 spiro atoms. The van der Waals surface area contributed by atoms with Crippen molar-refractivity contribution in [1.82, 2.24) is 9.78 Å². The average Bonchev–Trinajstić information content (AvgIpc) is 3.03. The lowest BCUT2D eigenvalue weighted by Gasteiger charge is -2.10. The van der Waals surface area contributed by atoms with E-state index >= 15 is 0 Å². The third-order valence-corrected chi connectivity index (χ3v) is 4.19. The van der Waals surface area contributed by atoms with Crippen LogP contribution in [0.1, 0.15) is 35.9 Å². The number of nitrogens with zero attached hydrogens (tertiary/aromatic N) is 2. The summed E-state index contributed by atoms with van der Waals surface area (Å²) in [6.45, 7) is 8.65. The molecule has 0 unspecified atom stereocenters. The predicted molar refractivity (Wildman–Crippen MR) is 84.5 cm³/mol. The Hall–Kier alpha value is -1.81. The second-order valence-corrected chi connectivity index (χ2v) is 5.70. The normalized spacial score (nSPS) is 13.3. The zero-order valence-electron chi connectivity index (χ0n) is 13.1. The molecule has 3 rings (SSSR count). The third kappa shape index (κ3) is 2.33. The molecule has 1 aliphatic rings. The first-order valence-corrected chi connectivity index (χ1v) is 7.68. The number of fused-ring (bicyclic) bond motifs is 1. The van der Waals surface area contributed by atoms with Gasteiger partial charge in [-0.25, -0.2) is 0 Å². The highest BCUT2D eigenvalue weighted by Gasteiger charge is 2.20. The molecule has 0 fully saturated rings. The van der Waals surface area contributed by atoms with E-state index in [2.05, 4.69) is 42.7 Å². The van der Waals surface area contributed by atoms with Gasteiger partial charge in [0.05, 0.1) is 12.3 Å². The summed E-state index contributed by atoms with van der Waals surface area (Å²) in [7, 11) is 0. The Morgan fingerprint density at radius 3 is 2.86 bits per heavy atom. The van der Waals surface area contributed by atoms with Gasteiger partial charge in [-0.05, 0) is 43.5 Å². The van der Waals surface area contributed by atoms with E-state index in [1.807, 2.05) is 0 Å². The van der Waals surface area contributed by atoms with E-state index in [4.69, 9.17) is 10.5 Å². The molecular weight excluding hydrogens is 262 g/mol. The smallest absolute Gasteiger partial charge is 0.127 e. The highest BCUT2D eigenvalue weighted by atomic mass is 16.5. The standard InChI is InChI=1S/C17H23N3O/c1-4-6-20-12(3)16(11(2)19-20)14-8-13-5-7-21-17(13)15(9-14)10-18/h8-9H,4-7,10,18H2,1-3H3. The molecule has 4 heteroatoms. The molecule has 0 saturated carbocycles. The molecule has 1 aliphatic heterocycles. The first-order chi connectivity index (χ1) is 10.2. The van der Waals surface area contributed by atoms with Crippen LogP contribution in [0.2, 0.25) is 0 Å². The molecule has 1 aromatic carbocycles. The molecule has 2 N–H and O–H groups in total. The molecular formula is C17H23N3O. The van der Waals surface area contributed by atoms with Gasteiger partial charge < -0.3 is 10.5 Å². The minimum atomic E-state index is 0.511. The third-order valence-electron chi connectivity index (χ3n) is 4.19. The first-order valence-electron chi connectivity index (χ1n) is 7.68. The van der Waals surface area contributed by atoms with Crippen molar-refractivity contribution in [2.24, 2.45) is 5.73 Å². The fourth-order valence-electron chi connectivity index (χ4n) is 3.23. The fourth-order valence-corrected chi connectivity index (χ4v) is 3.23. The Kier molecular flexibility index (Phi) is 3.72. The van der Waals surface area contributed by atoms with Crippen molar-refractivity contribution < 1.29 is 4.74 Å². The zero-order valence-corrected chi connectivity index (χ0v) is 13.1. The summed E-state index contributed by atoms with van der Waals surface area (Å²) in [6.07, 6.45) is 2.06. The van der Waals surface area contributed by atoms with Gasteiger partial charge in [0, 0.05) is 36.3 Å². The van der Waals surface area contributed by atoms with Crippen molar-refractivity contribution in [3.05, 3.63) is 34.6 Å². The number of nitrogens with two attached hydrogens (primary N) is 1. The van der Waals surface area contributed by atoms with Crippen LogP contribution in [0.15, 0.2) is 12.1 Å². The van der Waals surface area contributed by atoms with Crippen LogP contribution >= 0.6 is 0 Å². The lowest BCUT2D eigenvalue weighted by molar-refractivity contribution is 0.353. The van der Waals surface area contributed by atoms with Crippen LogP contribution in [0.3, 0.4) is 0 Å². The molecule has 2 aromatic rings. The van der Waals surface area contributed by atoms with E-state index in [1.54, 1.807) is 0 Å². The van der Waals surface area contributed by atoms with Gasteiger partial charge in [-0.1, -0.05) is 6.92 Å². The SMILES string of the molecule is CCCn1nc(C)c(-c2cc(CN)c3c(c2)CCO3)c1C. The summed E-state index contributed by atoms with van der Waals surface area (Å²) in [4.78, 5) is 0. The lowest BCUT2D eigenvalue weighted by atomic mass is 9.97. The second kappa shape index (κ2) is 5.53. The number of rotatable bonds is 4. The van der Waals surface area contributed by atoms with E-state index in [-0.39, 0.29) is 0 Å². The van der Waals surface area contributed by atoms with Crippen molar-refractivity contribution in [2.75, 3.05) is 6.61 Å². The number of hydrogen-bond donors (Lipinski definition) is 1. The molecule has 4 nitrogen and oxygen atoms in total. The molecule has 1 aromatic heterocycles. The minimum Gasteiger partial charge on any atom is -0.493 e. The van der Waals surface area contributed by atoms with Crippen molar-refractivity contribution in [3.63, 3.8) is 0 Å². The molecule has 0 saturated heterocycles. The highest BCUT2D eigenvalue weighted by molar-refractivity contribution is 5.72. The Morgan fingerprint density at radius 2 is 2.14 bits per heavy atom. The largest absolute Gasteiger partial charge is 0.493 e. The van der Waals surface area contributed by atoms with E-state index < -0.39 is 0 Å². The molecule has 112 valence electrons. The Balaban J connectivity index is 2.13. The monoisotopic (exact) mass is 285 g/mol. The molecule has 2 heterocycles. The maximum Gasteiger partial charge on any atom is 0.127 e. The van der Waals surface area contributed by atoms with Crippen molar-refractivity contribution in [1.29, 1.82) is 0 Å². The molecule has 0 bridgehead atoms. The molecule has 0 aliphatic carbocycles. The Labute approximate surface area is 125 Å². The average molecular weight is 285 g/mol. The number of aryl methyl sites for hydroxylation is 2. The van der Waals surface area contributed by atoms with Crippen LogP contribution in [-0.2, 0) is 19.5 Å². The van der Waals surface area contributed by atoms with Gasteiger partial charge >= 0.3 is 0 Å². The van der Waals surface area contributed by atoms with Crippen LogP contribution in [0.25, 0.3) is 11.1 Å². The van der Waals surface area contributed by atoms with Gasteiger partial charge in [-0.3, -0.25) is 4.68 Å².